The van der Waals surface area contributed by atoms with Gasteiger partial charge in [0.25, 0.3) is 11.2 Å². The second-order valence-corrected chi connectivity index (χ2v) is 12.1. The highest BCUT2D eigenvalue weighted by Gasteiger charge is 2.34. The molecule has 5 rings (SSSR count). The Morgan fingerprint density at radius 1 is 1.10 bits per heavy atom. The quantitative estimate of drug-likeness (QED) is 0.250. The Labute approximate surface area is 232 Å². The fraction of sp³-hybridized carbons (Fsp3) is 0.292. The van der Waals surface area contributed by atoms with E-state index in [1.165, 1.54) is 35.8 Å². The van der Waals surface area contributed by atoms with Gasteiger partial charge in [-0.2, -0.15) is 4.31 Å². The third-order valence-electron chi connectivity index (χ3n) is 6.56. The lowest BCUT2D eigenvalue weighted by Crippen LogP contribution is -2.49. The number of aromatic nitrogens is 4. The predicted octanol–water partition coefficient (Wildman–Crippen LogP) is 1.92. The van der Waals surface area contributed by atoms with E-state index >= 15 is 0 Å². The number of sulfonamides is 1. The van der Waals surface area contributed by atoms with Gasteiger partial charge >= 0.3 is 0 Å². The second kappa shape index (κ2) is 10.7. The molecule has 1 N–H and O–H groups in total. The van der Waals surface area contributed by atoms with Gasteiger partial charge in [-0.15, -0.1) is 11.3 Å². The zero-order chi connectivity index (χ0) is 28.6. The fourth-order valence-electron chi connectivity index (χ4n) is 4.55. The SMILES string of the molecule is Cc1sc2ncn(CC(=O)Nc3cccc([N+](=O)[O-])c3C)c(=O)c2c1S(=O)(=O)N1CCN(c2ncccn2)CC1. The number of amides is 1. The Morgan fingerprint density at radius 3 is 2.48 bits per heavy atom. The summed E-state index contributed by atoms with van der Waals surface area (Å²) in [4.78, 5) is 52.1. The molecule has 14 nitrogen and oxygen atoms in total. The zero-order valence-corrected chi connectivity index (χ0v) is 23.1. The summed E-state index contributed by atoms with van der Waals surface area (Å²) in [5.41, 5.74) is -0.326. The van der Waals surface area contributed by atoms with Crippen LogP contribution in [0.15, 0.2) is 52.7 Å². The van der Waals surface area contributed by atoms with Crippen LogP contribution in [0.1, 0.15) is 10.4 Å². The van der Waals surface area contributed by atoms with E-state index in [4.69, 9.17) is 0 Å². The Kier molecular flexibility index (Phi) is 7.31. The molecule has 0 unspecified atom stereocenters. The molecule has 0 radical (unpaired) electrons. The van der Waals surface area contributed by atoms with Crippen molar-refractivity contribution in [2.75, 3.05) is 36.4 Å². The number of benzene rings is 1. The molecule has 0 bridgehead atoms. The van der Waals surface area contributed by atoms with Gasteiger partial charge in [0, 0.05) is 49.5 Å². The third-order valence-corrected chi connectivity index (χ3v) is 9.77. The molecule has 3 aromatic heterocycles. The van der Waals surface area contributed by atoms with E-state index in [2.05, 4.69) is 20.3 Å². The van der Waals surface area contributed by atoms with Gasteiger partial charge in [-0.3, -0.25) is 24.3 Å². The number of nitrogens with one attached hydrogen (secondary N) is 1. The maximum atomic E-state index is 13.8. The molecule has 1 aliphatic rings. The van der Waals surface area contributed by atoms with Crippen molar-refractivity contribution in [3.05, 3.63) is 73.9 Å². The number of carbonyl (C=O) groups is 1. The lowest BCUT2D eigenvalue weighted by Gasteiger charge is -2.33. The van der Waals surface area contributed by atoms with Crippen LogP contribution in [0.25, 0.3) is 10.2 Å². The Morgan fingerprint density at radius 2 is 1.80 bits per heavy atom. The summed E-state index contributed by atoms with van der Waals surface area (Å²) in [5, 5.41) is 13.7. The Bertz CT molecular complexity index is 1780. The lowest BCUT2D eigenvalue weighted by atomic mass is 10.1. The van der Waals surface area contributed by atoms with Gasteiger partial charge in [-0.05, 0) is 26.0 Å². The first-order chi connectivity index (χ1) is 19.1. The number of fused-ring (bicyclic) bond motifs is 1. The third kappa shape index (κ3) is 5.03. The van der Waals surface area contributed by atoms with Crippen molar-refractivity contribution in [3.8, 4) is 0 Å². The lowest BCUT2D eigenvalue weighted by molar-refractivity contribution is -0.385. The Hall–Kier alpha value is -4.28. The van der Waals surface area contributed by atoms with E-state index in [0.717, 1.165) is 15.9 Å². The molecule has 1 amide bonds. The van der Waals surface area contributed by atoms with Gasteiger partial charge in [0.2, 0.25) is 21.9 Å². The van der Waals surface area contributed by atoms with E-state index in [-0.39, 0.29) is 45.1 Å². The highest BCUT2D eigenvalue weighted by Crippen LogP contribution is 2.33. The highest BCUT2D eigenvalue weighted by atomic mass is 32.2. The van der Waals surface area contributed by atoms with Gasteiger partial charge < -0.3 is 10.2 Å². The molecule has 0 spiro atoms. The first-order valence-corrected chi connectivity index (χ1v) is 14.4. The normalized spacial score (nSPS) is 14.4. The topological polar surface area (TPSA) is 174 Å². The highest BCUT2D eigenvalue weighted by molar-refractivity contribution is 7.89. The van der Waals surface area contributed by atoms with Crippen LogP contribution < -0.4 is 15.8 Å². The molecule has 4 heterocycles. The molecule has 0 aliphatic carbocycles. The minimum Gasteiger partial charge on any atom is -0.338 e. The van der Waals surface area contributed by atoms with Gasteiger partial charge in [0.1, 0.15) is 16.3 Å². The summed E-state index contributed by atoms with van der Waals surface area (Å²) in [6.07, 6.45) is 4.43. The average Bonchev–Trinajstić information content (AvgIpc) is 3.29. The second-order valence-electron chi connectivity index (χ2n) is 9.04. The summed E-state index contributed by atoms with van der Waals surface area (Å²) >= 11 is 1.09. The van der Waals surface area contributed by atoms with Crippen LogP contribution in [0.2, 0.25) is 0 Å². The van der Waals surface area contributed by atoms with Gasteiger partial charge in [-0.1, -0.05) is 6.07 Å². The molecule has 0 saturated carbocycles. The largest absolute Gasteiger partial charge is 0.338 e. The van der Waals surface area contributed by atoms with Crippen molar-refractivity contribution in [1.82, 2.24) is 23.8 Å². The smallest absolute Gasteiger partial charge is 0.274 e. The number of hydrogen-bond donors (Lipinski definition) is 1. The van der Waals surface area contributed by atoms with E-state index in [1.54, 1.807) is 25.4 Å². The number of nitrogens with zero attached hydrogens (tertiary/aromatic N) is 7. The van der Waals surface area contributed by atoms with Crippen LogP contribution in [0, 0.1) is 24.0 Å². The van der Waals surface area contributed by atoms with E-state index < -0.39 is 33.0 Å². The zero-order valence-electron chi connectivity index (χ0n) is 21.5. The van der Waals surface area contributed by atoms with Crippen molar-refractivity contribution in [1.29, 1.82) is 0 Å². The molecule has 16 heteroatoms. The Balaban J connectivity index is 1.40. The molecule has 1 aliphatic heterocycles. The van der Waals surface area contributed by atoms with Crippen LogP contribution in [0.3, 0.4) is 0 Å². The van der Waals surface area contributed by atoms with E-state index in [1.807, 2.05) is 4.90 Å². The first kappa shape index (κ1) is 27.3. The number of carbonyl (C=O) groups excluding carboxylic acids is 1. The maximum Gasteiger partial charge on any atom is 0.274 e. The van der Waals surface area contributed by atoms with Crippen molar-refractivity contribution < 1.29 is 18.1 Å². The van der Waals surface area contributed by atoms with E-state index in [0.29, 0.717) is 23.9 Å². The van der Waals surface area contributed by atoms with Gasteiger partial charge in [-0.25, -0.2) is 23.4 Å². The number of rotatable bonds is 7. The molecule has 1 aromatic carbocycles. The summed E-state index contributed by atoms with van der Waals surface area (Å²) in [6.45, 7) is 3.77. The molecule has 208 valence electrons. The summed E-state index contributed by atoms with van der Waals surface area (Å²) in [5.74, 6) is -0.107. The molecular formula is C24H24N8O6S2. The number of nitro benzene ring substituents is 1. The van der Waals surface area contributed by atoms with Gasteiger partial charge in [0.15, 0.2) is 0 Å². The van der Waals surface area contributed by atoms with Crippen LogP contribution in [0.4, 0.5) is 17.3 Å². The van der Waals surface area contributed by atoms with Crippen molar-refractivity contribution in [2.24, 2.45) is 0 Å². The summed E-state index contributed by atoms with van der Waals surface area (Å²) in [6, 6.07) is 5.98. The molecule has 1 fully saturated rings. The van der Waals surface area contributed by atoms with Crippen molar-refractivity contribution in [3.63, 3.8) is 0 Å². The molecular weight excluding hydrogens is 560 g/mol. The molecule has 40 heavy (non-hydrogen) atoms. The van der Waals surface area contributed by atoms with Crippen molar-refractivity contribution in [2.45, 2.75) is 25.3 Å². The number of piperazine rings is 1. The summed E-state index contributed by atoms with van der Waals surface area (Å²) < 4.78 is 29.9. The molecule has 0 atom stereocenters. The van der Waals surface area contributed by atoms with Crippen molar-refractivity contribution >= 4 is 54.8 Å². The number of anilines is 2. The summed E-state index contributed by atoms with van der Waals surface area (Å²) in [7, 11) is -4.06. The number of nitro groups is 1. The predicted molar refractivity (Wildman–Crippen MR) is 148 cm³/mol. The van der Waals surface area contributed by atoms with Gasteiger partial charge in [0.05, 0.1) is 27.9 Å². The van der Waals surface area contributed by atoms with Crippen LogP contribution >= 0.6 is 11.3 Å². The number of thiophene rings is 1. The van der Waals surface area contributed by atoms with E-state index in [9.17, 15) is 28.1 Å². The molecule has 4 aromatic rings. The standard InChI is InChI=1S/C24H24N8O6S2/c1-15-17(5-3-6-18(15)32(35)36)28-19(33)13-30-14-27-22-20(23(30)34)21(16(2)39-22)40(37,38)31-11-9-29(10-12-31)24-25-7-4-8-26-24/h3-8,14H,9-13H2,1-2H3,(H,28,33). The minimum atomic E-state index is -4.06. The monoisotopic (exact) mass is 584 g/mol. The van der Waals surface area contributed by atoms with Crippen LogP contribution in [-0.4, -0.2) is 69.3 Å². The fourth-order valence-corrected chi connectivity index (χ4v) is 7.64. The number of aryl methyl sites for hydroxylation is 1. The minimum absolute atomic E-state index is 0.0712. The average molecular weight is 585 g/mol. The van der Waals surface area contributed by atoms with Crippen LogP contribution in [0.5, 0.6) is 0 Å². The maximum absolute atomic E-state index is 13.8. The molecule has 1 saturated heterocycles. The first-order valence-electron chi connectivity index (χ1n) is 12.1. The van der Waals surface area contributed by atoms with Crippen LogP contribution in [-0.2, 0) is 21.4 Å². The number of hydrogen-bond acceptors (Lipinski definition) is 11.